The molecule has 0 fully saturated rings. The Hall–Kier alpha value is -1.78. The highest BCUT2D eigenvalue weighted by atomic mass is 19.1. The minimum absolute atomic E-state index is 0.0126. The molecule has 0 aromatic heterocycles. The number of rotatable bonds is 1. The number of anilines is 1. The number of carboxylic acid groups (broad SMARTS) is 1. The fourth-order valence-corrected chi connectivity index (χ4v) is 1.57. The van der Waals surface area contributed by atoms with Gasteiger partial charge in [-0.1, -0.05) is 6.07 Å². The summed E-state index contributed by atoms with van der Waals surface area (Å²) in [7, 11) is 1.71. The molecule has 1 aromatic carbocycles. The van der Waals surface area contributed by atoms with Crippen LogP contribution in [0.15, 0.2) is 18.2 Å². The Morgan fingerprint density at radius 3 is 3.07 bits per heavy atom. The number of fused-ring (bicyclic) bond motifs is 1. The van der Waals surface area contributed by atoms with Gasteiger partial charge >= 0.3 is 5.97 Å². The van der Waals surface area contributed by atoms with Crippen molar-refractivity contribution >= 4 is 11.7 Å². The summed E-state index contributed by atoms with van der Waals surface area (Å²) in [6.45, 7) is 0.214. The number of aliphatic carboxylic acids is 1. The molecule has 0 radical (unpaired) electrons. The van der Waals surface area contributed by atoms with Crippen LogP contribution in [-0.2, 0) is 4.79 Å². The summed E-state index contributed by atoms with van der Waals surface area (Å²) >= 11 is 0. The van der Waals surface area contributed by atoms with Crippen LogP contribution in [0.5, 0.6) is 5.75 Å². The van der Waals surface area contributed by atoms with Gasteiger partial charge in [-0.3, -0.25) is 0 Å². The largest absolute Gasteiger partial charge is 0.478 e. The Balaban J connectivity index is 2.41. The van der Waals surface area contributed by atoms with E-state index < -0.39 is 17.9 Å². The Morgan fingerprint density at radius 1 is 1.67 bits per heavy atom. The molecule has 1 aliphatic heterocycles. The van der Waals surface area contributed by atoms with Crippen molar-refractivity contribution in [3.05, 3.63) is 24.0 Å². The molecule has 0 spiro atoms. The van der Waals surface area contributed by atoms with Crippen LogP contribution >= 0.6 is 0 Å². The average Bonchev–Trinajstić information content (AvgIpc) is 2.19. The maximum Gasteiger partial charge on any atom is 0.346 e. The highest BCUT2D eigenvalue weighted by Crippen LogP contribution is 2.34. The molecule has 0 aliphatic carbocycles. The normalized spacial score (nSPS) is 19.3. The smallest absolute Gasteiger partial charge is 0.346 e. The Bertz CT molecular complexity index is 408. The minimum atomic E-state index is -1.09. The first-order valence-electron chi connectivity index (χ1n) is 4.48. The predicted octanol–water partition coefficient (Wildman–Crippen LogP) is 1.11. The summed E-state index contributed by atoms with van der Waals surface area (Å²) in [4.78, 5) is 12.4. The molecule has 0 bridgehead atoms. The summed E-state index contributed by atoms with van der Waals surface area (Å²) in [5, 5.41) is 8.80. The standard InChI is InChI=1S/C10H10FNO3/c1-12-5-8(10(13)14)15-9-6(11)3-2-4-7(9)12/h2-4,8H,5H2,1H3,(H,13,14). The first kappa shape index (κ1) is 9.76. The highest BCUT2D eigenvalue weighted by Gasteiger charge is 2.30. The van der Waals surface area contributed by atoms with E-state index in [1.165, 1.54) is 6.07 Å². The monoisotopic (exact) mass is 211 g/mol. The van der Waals surface area contributed by atoms with Crippen molar-refractivity contribution in [2.75, 3.05) is 18.5 Å². The maximum absolute atomic E-state index is 13.3. The molecule has 1 N–H and O–H groups in total. The van der Waals surface area contributed by atoms with Crippen LogP contribution < -0.4 is 9.64 Å². The number of carbonyl (C=O) groups is 1. The lowest BCUT2D eigenvalue weighted by atomic mass is 10.2. The third-order valence-electron chi connectivity index (χ3n) is 2.33. The third kappa shape index (κ3) is 1.60. The second-order valence-electron chi connectivity index (χ2n) is 3.41. The molecule has 4 nitrogen and oxygen atoms in total. The fourth-order valence-electron chi connectivity index (χ4n) is 1.57. The van der Waals surface area contributed by atoms with Gasteiger partial charge in [-0.2, -0.15) is 0 Å². The van der Waals surface area contributed by atoms with Crippen molar-refractivity contribution < 1.29 is 19.0 Å². The number of benzene rings is 1. The molecule has 80 valence electrons. The van der Waals surface area contributed by atoms with E-state index >= 15 is 0 Å². The number of nitrogens with zero attached hydrogens (tertiary/aromatic N) is 1. The average molecular weight is 211 g/mol. The van der Waals surface area contributed by atoms with Gasteiger partial charge in [0.05, 0.1) is 12.2 Å². The molecule has 0 saturated carbocycles. The van der Waals surface area contributed by atoms with E-state index in [0.29, 0.717) is 5.69 Å². The molecule has 1 aliphatic rings. The van der Waals surface area contributed by atoms with Crippen LogP contribution in [0.25, 0.3) is 0 Å². The van der Waals surface area contributed by atoms with Crippen molar-refractivity contribution in [2.24, 2.45) is 0 Å². The molecule has 2 rings (SSSR count). The molecule has 5 heteroatoms. The molecule has 0 saturated heterocycles. The van der Waals surface area contributed by atoms with Crippen LogP contribution in [0.3, 0.4) is 0 Å². The van der Waals surface area contributed by atoms with Gasteiger partial charge in [0.25, 0.3) is 0 Å². The van der Waals surface area contributed by atoms with Crippen LogP contribution in [0.2, 0.25) is 0 Å². The van der Waals surface area contributed by atoms with Gasteiger partial charge in [-0.25, -0.2) is 9.18 Å². The number of likely N-dealkylation sites (N-methyl/N-ethyl adjacent to an activating group) is 1. The molecular formula is C10H10FNO3. The van der Waals surface area contributed by atoms with Gasteiger partial charge in [-0.15, -0.1) is 0 Å². The molecule has 15 heavy (non-hydrogen) atoms. The fraction of sp³-hybridized carbons (Fsp3) is 0.300. The number of carboxylic acids is 1. The van der Waals surface area contributed by atoms with Gasteiger partial charge < -0.3 is 14.7 Å². The van der Waals surface area contributed by atoms with Gasteiger partial charge in [0.2, 0.25) is 6.10 Å². The summed E-state index contributed by atoms with van der Waals surface area (Å²) in [5.74, 6) is -1.61. The highest BCUT2D eigenvalue weighted by molar-refractivity contribution is 5.76. The molecular weight excluding hydrogens is 201 g/mol. The molecule has 0 amide bonds. The Kier molecular flexibility index (Phi) is 2.22. The number of hydrogen-bond donors (Lipinski definition) is 1. The van der Waals surface area contributed by atoms with Crippen molar-refractivity contribution in [1.29, 1.82) is 0 Å². The first-order valence-corrected chi connectivity index (χ1v) is 4.48. The van der Waals surface area contributed by atoms with Gasteiger partial charge in [0, 0.05) is 7.05 Å². The first-order chi connectivity index (χ1) is 7.09. The van der Waals surface area contributed by atoms with Crippen LogP contribution in [0.4, 0.5) is 10.1 Å². The number of hydrogen-bond acceptors (Lipinski definition) is 3. The third-order valence-corrected chi connectivity index (χ3v) is 2.33. The summed E-state index contributed by atoms with van der Waals surface area (Å²) in [5.41, 5.74) is 0.576. The summed E-state index contributed by atoms with van der Waals surface area (Å²) < 4.78 is 18.4. The van der Waals surface area contributed by atoms with E-state index in [2.05, 4.69) is 0 Å². The van der Waals surface area contributed by atoms with E-state index in [4.69, 9.17) is 9.84 Å². The Labute approximate surface area is 85.9 Å². The minimum Gasteiger partial charge on any atom is -0.478 e. The lowest BCUT2D eigenvalue weighted by Crippen LogP contribution is -2.42. The topological polar surface area (TPSA) is 49.8 Å². The van der Waals surface area contributed by atoms with E-state index in [1.807, 2.05) is 0 Å². The lowest BCUT2D eigenvalue weighted by molar-refractivity contribution is -0.144. The number of halogens is 1. The van der Waals surface area contributed by atoms with Gasteiger partial charge in [0.1, 0.15) is 0 Å². The van der Waals surface area contributed by atoms with Crippen LogP contribution in [0, 0.1) is 5.82 Å². The quantitative estimate of drug-likeness (QED) is 0.755. The second-order valence-corrected chi connectivity index (χ2v) is 3.41. The SMILES string of the molecule is CN1CC(C(=O)O)Oc2c(F)cccc21. The summed E-state index contributed by atoms with van der Waals surface area (Å²) in [6.07, 6.45) is -1.01. The Morgan fingerprint density at radius 2 is 2.40 bits per heavy atom. The molecule has 1 unspecified atom stereocenters. The molecule has 1 aromatic rings. The van der Waals surface area contributed by atoms with Crippen molar-refractivity contribution in [3.8, 4) is 5.75 Å². The van der Waals surface area contributed by atoms with Crippen molar-refractivity contribution in [3.63, 3.8) is 0 Å². The zero-order chi connectivity index (χ0) is 11.0. The maximum atomic E-state index is 13.3. The van der Waals surface area contributed by atoms with Crippen molar-refractivity contribution in [1.82, 2.24) is 0 Å². The van der Waals surface area contributed by atoms with E-state index in [9.17, 15) is 9.18 Å². The zero-order valence-electron chi connectivity index (χ0n) is 8.11. The van der Waals surface area contributed by atoms with E-state index in [0.717, 1.165) is 0 Å². The molecule has 1 atom stereocenters. The van der Waals surface area contributed by atoms with Crippen LogP contribution in [0.1, 0.15) is 0 Å². The predicted molar refractivity (Wildman–Crippen MR) is 51.7 cm³/mol. The van der Waals surface area contributed by atoms with Crippen LogP contribution in [-0.4, -0.2) is 30.8 Å². The van der Waals surface area contributed by atoms with E-state index in [1.54, 1.807) is 24.1 Å². The second kappa shape index (κ2) is 3.42. The number of ether oxygens (including phenoxy) is 1. The summed E-state index contributed by atoms with van der Waals surface area (Å²) in [6, 6.07) is 4.50. The molecule has 1 heterocycles. The van der Waals surface area contributed by atoms with Crippen molar-refractivity contribution in [2.45, 2.75) is 6.10 Å². The lowest BCUT2D eigenvalue weighted by Gasteiger charge is -2.31. The zero-order valence-corrected chi connectivity index (χ0v) is 8.11. The van der Waals surface area contributed by atoms with Gasteiger partial charge in [-0.05, 0) is 12.1 Å². The number of para-hydroxylation sites is 1. The van der Waals surface area contributed by atoms with E-state index in [-0.39, 0.29) is 12.3 Å². The van der Waals surface area contributed by atoms with Gasteiger partial charge in [0.15, 0.2) is 11.6 Å².